The Morgan fingerprint density at radius 2 is 2.03 bits per heavy atom. The predicted molar refractivity (Wildman–Crippen MR) is 111 cm³/mol. The maximum atomic E-state index is 12.9. The average molecular weight is 436 g/mol. The van der Waals surface area contributed by atoms with E-state index in [2.05, 4.69) is 15.6 Å². The van der Waals surface area contributed by atoms with Gasteiger partial charge in [0.25, 0.3) is 0 Å². The number of piperidine rings is 1. The van der Waals surface area contributed by atoms with Gasteiger partial charge >= 0.3 is 0 Å². The molecule has 1 atom stereocenters. The van der Waals surface area contributed by atoms with Crippen molar-refractivity contribution in [3.8, 4) is 0 Å². The number of sulfonamides is 1. The largest absolute Gasteiger partial charge is 0.376 e. The molecule has 1 aromatic carbocycles. The molecule has 1 unspecified atom stereocenters. The lowest BCUT2D eigenvalue weighted by Gasteiger charge is -2.25. The number of carbonyl (C=O) groups excluding carboxylic acids is 1. The third-order valence-corrected chi connectivity index (χ3v) is 7.66. The van der Waals surface area contributed by atoms with Crippen molar-refractivity contribution in [3.63, 3.8) is 0 Å². The first-order chi connectivity index (χ1) is 14.5. The molecular formula is C20H29N5O4S. The van der Waals surface area contributed by atoms with Gasteiger partial charge in [-0.1, -0.05) is 11.6 Å². The van der Waals surface area contributed by atoms with Crippen molar-refractivity contribution in [2.45, 2.75) is 62.5 Å². The van der Waals surface area contributed by atoms with E-state index in [4.69, 9.17) is 4.74 Å². The Kier molecular flexibility index (Phi) is 6.64. The van der Waals surface area contributed by atoms with E-state index in [0.717, 1.165) is 44.2 Å². The maximum Gasteiger partial charge on any atom is 0.243 e. The Morgan fingerprint density at radius 3 is 2.80 bits per heavy atom. The zero-order valence-corrected chi connectivity index (χ0v) is 17.9. The van der Waals surface area contributed by atoms with Gasteiger partial charge in [0, 0.05) is 39.2 Å². The highest BCUT2D eigenvalue weighted by Crippen LogP contribution is 2.23. The SMILES string of the molecule is O=C(CCCn1nnc2cc(S(=O)(=O)N3CCCCC3)ccc21)NCC1CCCO1. The number of hydrogen-bond acceptors (Lipinski definition) is 6. The van der Waals surface area contributed by atoms with Crippen LogP contribution in [-0.2, 0) is 26.1 Å². The van der Waals surface area contributed by atoms with E-state index < -0.39 is 10.0 Å². The fourth-order valence-corrected chi connectivity index (χ4v) is 5.58. The van der Waals surface area contributed by atoms with Crippen LogP contribution in [0, 0.1) is 0 Å². The second-order valence-electron chi connectivity index (χ2n) is 7.97. The minimum Gasteiger partial charge on any atom is -0.376 e. The van der Waals surface area contributed by atoms with Crippen LogP contribution >= 0.6 is 0 Å². The smallest absolute Gasteiger partial charge is 0.243 e. The standard InChI is InChI=1S/C20H29N5O4S/c26-20(21-15-16-6-5-13-29-16)7-4-12-25-19-9-8-17(14-18(19)22-23-25)30(27,28)24-10-2-1-3-11-24/h8-9,14,16H,1-7,10-13,15H2,(H,21,26). The quantitative estimate of drug-likeness (QED) is 0.676. The van der Waals surface area contributed by atoms with E-state index in [1.807, 2.05) is 0 Å². The summed E-state index contributed by atoms with van der Waals surface area (Å²) in [6, 6.07) is 4.97. The number of aromatic nitrogens is 3. The van der Waals surface area contributed by atoms with E-state index in [1.54, 1.807) is 27.2 Å². The molecule has 1 N–H and O–H groups in total. The normalized spacial score (nSPS) is 20.6. The molecule has 30 heavy (non-hydrogen) atoms. The van der Waals surface area contributed by atoms with Crippen LogP contribution in [-0.4, -0.2) is 66.0 Å². The molecule has 1 amide bonds. The van der Waals surface area contributed by atoms with Crippen LogP contribution < -0.4 is 5.32 Å². The lowest BCUT2D eigenvalue weighted by atomic mass is 10.2. The molecule has 0 aliphatic carbocycles. The molecule has 2 fully saturated rings. The molecule has 2 aromatic rings. The fourth-order valence-electron chi connectivity index (χ4n) is 4.04. The minimum absolute atomic E-state index is 0.00447. The van der Waals surface area contributed by atoms with Crippen molar-refractivity contribution in [2.75, 3.05) is 26.2 Å². The van der Waals surface area contributed by atoms with Crippen molar-refractivity contribution >= 4 is 27.0 Å². The Labute approximate surface area is 176 Å². The first-order valence-corrected chi connectivity index (χ1v) is 12.2. The van der Waals surface area contributed by atoms with Crippen molar-refractivity contribution in [3.05, 3.63) is 18.2 Å². The number of hydrogen-bond donors (Lipinski definition) is 1. The molecule has 2 saturated heterocycles. The van der Waals surface area contributed by atoms with Crippen LogP contribution in [0.15, 0.2) is 23.1 Å². The number of aryl methyl sites for hydroxylation is 1. The molecule has 4 rings (SSSR count). The zero-order valence-electron chi connectivity index (χ0n) is 17.1. The van der Waals surface area contributed by atoms with Gasteiger partial charge < -0.3 is 10.1 Å². The number of nitrogens with one attached hydrogen (secondary N) is 1. The summed E-state index contributed by atoms with van der Waals surface area (Å²) < 4.78 is 34.5. The number of rotatable bonds is 8. The van der Waals surface area contributed by atoms with Crippen molar-refractivity contribution < 1.29 is 17.9 Å². The number of amides is 1. The molecule has 0 saturated carbocycles. The Bertz CT molecular complexity index is 978. The molecule has 0 bridgehead atoms. The zero-order chi connectivity index (χ0) is 21.0. The lowest BCUT2D eigenvalue weighted by molar-refractivity contribution is -0.121. The monoisotopic (exact) mass is 435 g/mol. The minimum atomic E-state index is -3.49. The van der Waals surface area contributed by atoms with Crippen molar-refractivity contribution in [1.29, 1.82) is 0 Å². The Hall–Kier alpha value is -2.04. The van der Waals surface area contributed by atoms with E-state index in [1.165, 1.54) is 0 Å². The number of ether oxygens (including phenoxy) is 1. The summed E-state index contributed by atoms with van der Waals surface area (Å²) in [5.74, 6) is 0.00447. The van der Waals surface area contributed by atoms with Gasteiger partial charge in [-0.05, 0) is 50.3 Å². The van der Waals surface area contributed by atoms with E-state index >= 15 is 0 Å². The molecular weight excluding hydrogens is 406 g/mol. The molecule has 10 heteroatoms. The van der Waals surface area contributed by atoms with Gasteiger partial charge in [-0.3, -0.25) is 4.79 Å². The highest BCUT2D eigenvalue weighted by atomic mass is 32.2. The van der Waals surface area contributed by atoms with Crippen molar-refractivity contribution in [2.24, 2.45) is 0 Å². The van der Waals surface area contributed by atoms with Crippen molar-refractivity contribution in [1.82, 2.24) is 24.6 Å². The van der Waals surface area contributed by atoms with E-state index in [0.29, 0.717) is 44.5 Å². The molecule has 164 valence electrons. The molecule has 0 spiro atoms. The number of fused-ring (bicyclic) bond motifs is 1. The maximum absolute atomic E-state index is 12.9. The van der Waals surface area contributed by atoms with Gasteiger partial charge in [0.15, 0.2) is 0 Å². The Balaban J connectivity index is 1.33. The molecule has 1 aromatic heterocycles. The van der Waals surface area contributed by atoms with Crippen LogP contribution in [0.5, 0.6) is 0 Å². The van der Waals surface area contributed by atoms with Crippen LogP contribution in [0.3, 0.4) is 0 Å². The molecule has 3 heterocycles. The first-order valence-electron chi connectivity index (χ1n) is 10.8. The average Bonchev–Trinajstić information content (AvgIpc) is 3.42. The van der Waals surface area contributed by atoms with Crippen LogP contribution in [0.1, 0.15) is 44.9 Å². The van der Waals surface area contributed by atoms with Crippen LogP contribution in [0.2, 0.25) is 0 Å². The summed E-state index contributed by atoms with van der Waals surface area (Å²) in [4.78, 5) is 12.3. The number of carbonyl (C=O) groups is 1. The van der Waals surface area contributed by atoms with Gasteiger partial charge in [0.1, 0.15) is 5.52 Å². The fraction of sp³-hybridized carbons (Fsp3) is 0.650. The molecule has 0 radical (unpaired) electrons. The predicted octanol–water partition coefficient (Wildman–Crippen LogP) is 1.68. The Morgan fingerprint density at radius 1 is 1.20 bits per heavy atom. The van der Waals surface area contributed by atoms with E-state index in [9.17, 15) is 13.2 Å². The molecule has 2 aliphatic heterocycles. The topological polar surface area (TPSA) is 106 Å². The highest BCUT2D eigenvalue weighted by Gasteiger charge is 2.26. The second-order valence-corrected chi connectivity index (χ2v) is 9.91. The summed E-state index contributed by atoms with van der Waals surface area (Å²) in [7, 11) is -3.49. The van der Waals surface area contributed by atoms with Gasteiger partial charge in [-0.2, -0.15) is 4.31 Å². The third-order valence-electron chi connectivity index (χ3n) is 5.76. The summed E-state index contributed by atoms with van der Waals surface area (Å²) >= 11 is 0. The van der Waals surface area contributed by atoms with Crippen LogP contribution in [0.4, 0.5) is 0 Å². The highest BCUT2D eigenvalue weighted by molar-refractivity contribution is 7.89. The van der Waals surface area contributed by atoms with Gasteiger partial charge in [-0.25, -0.2) is 13.1 Å². The lowest BCUT2D eigenvalue weighted by Crippen LogP contribution is -2.35. The van der Waals surface area contributed by atoms with Gasteiger partial charge in [-0.15, -0.1) is 5.10 Å². The summed E-state index contributed by atoms with van der Waals surface area (Å²) in [6.07, 6.45) is 6.10. The molecule has 2 aliphatic rings. The molecule has 9 nitrogen and oxygen atoms in total. The van der Waals surface area contributed by atoms with Gasteiger partial charge in [0.2, 0.25) is 15.9 Å². The first kappa shape index (κ1) is 21.2. The number of nitrogens with zero attached hydrogens (tertiary/aromatic N) is 4. The summed E-state index contributed by atoms with van der Waals surface area (Å²) in [5, 5.41) is 11.2. The van der Waals surface area contributed by atoms with E-state index in [-0.39, 0.29) is 16.9 Å². The van der Waals surface area contributed by atoms with Crippen LogP contribution in [0.25, 0.3) is 11.0 Å². The van der Waals surface area contributed by atoms with Gasteiger partial charge in [0.05, 0.1) is 16.5 Å². The summed E-state index contributed by atoms with van der Waals surface area (Å²) in [6.45, 7) is 3.03. The summed E-state index contributed by atoms with van der Waals surface area (Å²) in [5.41, 5.74) is 1.32. The third kappa shape index (κ3) is 4.81. The number of benzene rings is 1. The second kappa shape index (κ2) is 9.40.